The maximum absolute atomic E-state index is 4.24. The van der Waals surface area contributed by atoms with Crippen LogP contribution >= 0.6 is 15.9 Å². The molecule has 3 nitrogen and oxygen atoms in total. The number of anilines is 1. The second-order valence-corrected chi connectivity index (χ2v) is 5.22. The predicted octanol–water partition coefficient (Wildman–Crippen LogP) is 3.76. The normalized spacial score (nSPS) is 18.8. The average Bonchev–Trinajstić information content (AvgIpc) is 2.22. The molecule has 0 amide bonds. The molecule has 0 spiro atoms. The Balaban J connectivity index is 1.91. The molecule has 0 aromatic carbocycles. The van der Waals surface area contributed by atoms with E-state index in [1.54, 1.807) is 6.33 Å². The van der Waals surface area contributed by atoms with Crippen molar-refractivity contribution in [1.82, 2.24) is 9.97 Å². The number of rotatable bonds is 2. The van der Waals surface area contributed by atoms with E-state index >= 15 is 0 Å². The van der Waals surface area contributed by atoms with Gasteiger partial charge in [0.1, 0.15) is 16.7 Å². The summed E-state index contributed by atoms with van der Waals surface area (Å²) in [5, 5.41) is 3.51. The molecule has 0 unspecified atom stereocenters. The van der Waals surface area contributed by atoms with Crippen LogP contribution < -0.4 is 5.32 Å². The maximum Gasteiger partial charge on any atom is 0.130 e. The summed E-state index contributed by atoms with van der Waals surface area (Å²) in [5.74, 6) is 0.937. The third kappa shape index (κ3) is 3.74. The van der Waals surface area contributed by atoms with Gasteiger partial charge in [-0.3, -0.25) is 0 Å². The topological polar surface area (TPSA) is 37.8 Å². The zero-order valence-corrected chi connectivity index (χ0v) is 11.0. The molecular formula is C12H18BrN3. The second kappa shape index (κ2) is 6.18. The lowest BCUT2D eigenvalue weighted by molar-refractivity contribution is 0.470. The largest absolute Gasteiger partial charge is 0.367 e. The van der Waals surface area contributed by atoms with Crippen LogP contribution in [0.5, 0.6) is 0 Å². The van der Waals surface area contributed by atoms with Crippen LogP contribution in [0.3, 0.4) is 0 Å². The molecule has 1 aliphatic rings. The summed E-state index contributed by atoms with van der Waals surface area (Å²) in [7, 11) is 0. The van der Waals surface area contributed by atoms with Gasteiger partial charge in [-0.25, -0.2) is 9.97 Å². The Kier molecular flexibility index (Phi) is 4.57. The lowest BCUT2D eigenvalue weighted by atomic mass is 9.97. The molecule has 1 saturated carbocycles. The fourth-order valence-corrected chi connectivity index (χ4v) is 2.53. The first kappa shape index (κ1) is 11.8. The summed E-state index contributed by atoms with van der Waals surface area (Å²) in [6.45, 7) is 0. The molecule has 1 aromatic rings. The van der Waals surface area contributed by atoms with Gasteiger partial charge in [-0.05, 0) is 28.8 Å². The summed E-state index contributed by atoms with van der Waals surface area (Å²) in [4.78, 5) is 8.27. The van der Waals surface area contributed by atoms with Crippen LogP contribution in [0.25, 0.3) is 0 Å². The van der Waals surface area contributed by atoms with Crippen molar-refractivity contribution in [1.29, 1.82) is 0 Å². The SMILES string of the molecule is Brc1cc(NC2CCCCCCC2)ncn1. The van der Waals surface area contributed by atoms with Crippen LogP contribution in [0.15, 0.2) is 17.0 Å². The van der Waals surface area contributed by atoms with E-state index in [2.05, 4.69) is 31.2 Å². The quantitative estimate of drug-likeness (QED) is 0.840. The molecule has 1 heterocycles. The molecule has 1 fully saturated rings. The van der Waals surface area contributed by atoms with Crippen molar-refractivity contribution in [3.05, 3.63) is 17.0 Å². The van der Waals surface area contributed by atoms with E-state index in [-0.39, 0.29) is 0 Å². The van der Waals surface area contributed by atoms with E-state index in [4.69, 9.17) is 0 Å². The molecule has 16 heavy (non-hydrogen) atoms. The molecule has 1 N–H and O–H groups in total. The first-order valence-electron chi connectivity index (χ1n) is 6.09. The van der Waals surface area contributed by atoms with E-state index in [1.807, 2.05) is 6.07 Å². The molecule has 88 valence electrons. The van der Waals surface area contributed by atoms with Gasteiger partial charge in [0, 0.05) is 12.1 Å². The minimum absolute atomic E-state index is 0.585. The van der Waals surface area contributed by atoms with Crippen LogP contribution in [0.1, 0.15) is 44.9 Å². The van der Waals surface area contributed by atoms with E-state index in [0.29, 0.717) is 6.04 Å². The molecule has 0 bridgehead atoms. The van der Waals surface area contributed by atoms with Gasteiger partial charge in [-0.2, -0.15) is 0 Å². The van der Waals surface area contributed by atoms with Crippen molar-refractivity contribution in [2.45, 2.75) is 51.0 Å². The fraction of sp³-hybridized carbons (Fsp3) is 0.667. The van der Waals surface area contributed by atoms with Gasteiger partial charge in [0.25, 0.3) is 0 Å². The van der Waals surface area contributed by atoms with E-state index in [9.17, 15) is 0 Å². The Bertz CT molecular complexity index is 322. The van der Waals surface area contributed by atoms with Gasteiger partial charge in [0.05, 0.1) is 0 Å². The van der Waals surface area contributed by atoms with Crippen LogP contribution in [0.4, 0.5) is 5.82 Å². The minimum atomic E-state index is 0.585. The third-order valence-corrected chi connectivity index (χ3v) is 3.52. The van der Waals surface area contributed by atoms with Gasteiger partial charge in [0.15, 0.2) is 0 Å². The van der Waals surface area contributed by atoms with Crippen molar-refractivity contribution in [2.24, 2.45) is 0 Å². The lowest BCUT2D eigenvalue weighted by Crippen LogP contribution is -2.21. The van der Waals surface area contributed by atoms with E-state index in [1.165, 1.54) is 44.9 Å². The van der Waals surface area contributed by atoms with Crippen molar-refractivity contribution in [3.63, 3.8) is 0 Å². The molecule has 0 aliphatic heterocycles. The van der Waals surface area contributed by atoms with Gasteiger partial charge >= 0.3 is 0 Å². The fourth-order valence-electron chi connectivity index (χ4n) is 2.22. The number of nitrogens with one attached hydrogen (secondary N) is 1. The molecular weight excluding hydrogens is 266 g/mol. The Morgan fingerprint density at radius 2 is 1.75 bits per heavy atom. The highest BCUT2D eigenvalue weighted by Gasteiger charge is 2.11. The predicted molar refractivity (Wildman–Crippen MR) is 69.5 cm³/mol. The number of hydrogen-bond acceptors (Lipinski definition) is 3. The zero-order valence-electron chi connectivity index (χ0n) is 9.45. The molecule has 1 aromatic heterocycles. The van der Waals surface area contributed by atoms with Crippen molar-refractivity contribution >= 4 is 21.7 Å². The van der Waals surface area contributed by atoms with Gasteiger partial charge < -0.3 is 5.32 Å². The Morgan fingerprint density at radius 1 is 1.06 bits per heavy atom. The molecule has 0 saturated heterocycles. The van der Waals surface area contributed by atoms with Crippen molar-refractivity contribution < 1.29 is 0 Å². The summed E-state index contributed by atoms with van der Waals surface area (Å²) in [5.41, 5.74) is 0. The van der Waals surface area contributed by atoms with Crippen molar-refractivity contribution in [3.8, 4) is 0 Å². The van der Waals surface area contributed by atoms with Crippen LogP contribution in [0, 0.1) is 0 Å². The monoisotopic (exact) mass is 283 g/mol. The molecule has 4 heteroatoms. The molecule has 1 aliphatic carbocycles. The van der Waals surface area contributed by atoms with Crippen molar-refractivity contribution in [2.75, 3.05) is 5.32 Å². The minimum Gasteiger partial charge on any atom is -0.367 e. The van der Waals surface area contributed by atoms with Gasteiger partial charge in [0.2, 0.25) is 0 Å². The van der Waals surface area contributed by atoms with Gasteiger partial charge in [-0.15, -0.1) is 0 Å². The summed E-state index contributed by atoms with van der Waals surface area (Å²) >= 11 is 3.36. The zero-order chi connectivity index (χ0) is 11.2. The molecule has 0 radical (unpaired) electrons. The first-order chi connectivity index (χ1) is 7.84. The summed E-state index contributed by atoms with van der Waals surface area (Å²) < 4.78 is 0.843. The second-order valence-electron chi connectivity index (χ2n) is 4.41. The summed E-state index contributed by atoms with van der Waals surface area (Å²) in [6, 6.07) is 2.53. The molecule has 2 rings (SSSR count). The molecule has 0 atom stereocenters. The highest BCUT2D eigenvalue weighted by Crippen LogP contribution is 2.20. The standard InChI is InChI=1S/C12H18BrN3/c13-11-8-12(15-9-14-11)16-10-6-4-2-1-3-5-7-10/h8-10H,1-7H2,(H,14,15,16). The van der Waals surface area contributed by atoms with Crippen LogP contribution in [-0.4, -0.2) is 16.0 Å². The van der Waals surface area contributed by atoms with Crippen LogP contribution in [0.2, 0.25) is 0 Å². The smallest absolute Gasteiger partial charge is 0.130 e. The Morgan fingerprint density at radius 3 is 2.44 bits per heavy atom. The highest BCUT2D eigenvalue weighted by molar-refractivity contribution is 9.10. The Labute approximate surface area is 105 Å². The Hall–Kier alpha value is -0.640. The van der Waals surface area contributed by atoms with E-state index < -0.39 is 0 Å². The number of nitrogens with zero attached hydrogens (tertiary/aromatic N) is 2. The number of aromatic nitrogens is 2. The summed E-state index contributed by atoms with van der Waals surface area (Å²) in [6.07, 6.45) is 11.0. The maximum atomic E-state index is 4.24. The van der Waals surface area contributed by atoms with Gasteiger partial charge in [-0.1, -0.05) is 32.1 Å². The first-order valence-corrected chi connectivity index (χ1v) is 6.88. The number of halogens is 1. The lowest BCUT2D eigenvalue weighted by Gasteiger charge is -2.21. The number of hydrogen-bond donors (Lipinski definition) is 1. The third-order valence-electron chi connectivity index (χ3n) is 3.09. The van der Waals surface area contributed by atoms with E-state index in [0.717, 1.165) is 10.4 Å². The highest BCUT2D eigenvalue weighted by atomic mass is 79.9. The average molecular weight is 284 g/mol. The van der Waals surface area contributed by atoms with Crippen LogP contribution in [-0.2, 0) is 0 Å².